The highest BCUT2D eigenvalue weighted by molar-refractivity contribution is 6.07. The van der Waals surface area contributed by atoms with Gasteiger partial charge in [-0.25, -0.2) is 0 Å². The highest BCUT2D eigenvalue weighted by atomic mass is 16.5. The average Bonchev–Trinajstić information content (AvgIpc) is 2.77. The molecule has 1 fully saturated rings. The van der Waals surface area contributed by atoms with Gasteiger partial charge in [0.2, 0.25) is 0 Å². The summed E-state index contributed by atoms with van der Waals surface area (Å²) in [5, 5.41) is 0. The molecule has 72 valence electrons. The zero-order valence-corrected chi connectivity index (χ0v) is 7.95. The Balaban J connectivity index is 2.09. The molecule has 1 atom stereocenters. The molecule has 1 aliphatic heterocycles. The van der Waals surface area contributed by atoms with Crippen molar-refractivity contribution < 1.29 is 9.53 Å². The maximum Gasteiger partial charge on any atom is 0.195 e. The second-order valence-corrected chi connectivity index (χ2v) is 4.11. The first kappa shape index (κ1) is 8.18. The fourth-order valence-corrected chi connectivity index (χ4v) is 2.55. The summed E-state index contributed by atoms with van der Waals surface area (Å²) in [6.07, 6.45) is 2.68. The average molecular weight is 188 g/mol. The van der Waals surface area contributed by atoms with Crippen LogP contribution >= 0.6 is 0 Å². The van der Waals surface area contributed by atoms with E-state index in [1.165, 1.54) is 0 Å². The molecule has 0 aromatic heterocycles. The summed E-state index contributed by atoms with van der Waals surface area (Å²) in [5.74, 6) is 0.200. The van der Waals surface area contributed by atoms with Crippen molar-refractivity contribution in [1.82, 2.24) is 0 Å². The van der Waals surface area contributed by atoms with Crippen molar-refractivity contribution in [3.63, 3.8) is 0 Å². The summed E-state index contributed by atoms with van der Waals surface area (Å²) < 4.78 is 5.65. The van der Waals surface area contributed by atoms with Gasteiger partial charge in [-0.1, -0.05) is 24.3 Å². The number of ketones is 1. The molecule has 2 heteroatoms. The lowest BCUT2D eigenvalue weighted by Crippen LogP contribution is -2.34. The summed E-state index contributed by atoms with van der Waals surface area (Å²) in [6, 6.07) is 7.85. The van der Waals surface area contributed by atoms with Gasteiger partial charge < -0.3 is 4.74 Å². The lowest BCUT2D eigenvalue weighted by atomic mass is 9.96. The van der Waals surface area contributed by atoms with E-state index in [2.05, 4.69) is 0 Å². The maximum atomic E-state index is 12.1. The summed E-state index contributed by atoms with van der Waals surface area (Å²) in [7, 11) is 0. The van der Waals surface area contributed by atoms with Crippen LogP contribution in [0.3, 0.4) is 0 Å². The quantitative estimate of drug-likeness (QED) is 0.622. The van der Waals surface area contributed by atoms with Gasteiger partial charge in [-0.15, -0.1) is 0 Å². The first-order valence-corrected chi connectivity index (χ1v) is 5.08. The standard InChI is InChI=1S/C12H12O2/c13-11-10-5-2-1-4-9(10)8-12(11)6-3-7-14-12/h1-2,4-5H,3,6-8H2/t12-/m0/s1. The lowest BCUT2D eigenvalue weighted by molar-refractivity contribution is 0.0167. The Labute approximate surface area is 82.9 Å². The molecule has 3 rings (SSSR count). The molecule has 2 aliphatic rings. The van der Waals surface area contributed by atoms with E-state index in [4.69, 9.17) is 4.74 Å². The summed E-state index contributed by atoms with van der Waals surface area (Å²) in [6.45, 7) is 0.736. The first-order chi connectivity index (χ1) is 6.82. The minimum atomic E-state index is -0.482. The molecule has 0 bridgehead atoms. The molecule has 0 saturated carbocycles. The van der Waals surface area contributed by atoms with Crippen LogP contribution in [0.4, 0.5) is 0 Å². The molecule has 0 radical (unpaired) electrons. The first-order valence-electron chi connectivity index (χ1n) is 5.08. The molecule has 1 aromatic carbocycles. The van der Waals surface area contributed by atoms with Gasteiger partial charge in [-0.3, -0.25) is 4.79 Å². The van der Waals surface area contributed by atoms with E-state index in [0.717, 1.165) is 37.0 Å². The molecular weight excluding hydrogens is 176 g/mol. The zero-order valence-electron chi connectivity index (χ0n) is 7.95. The van der Waals surface area contributed by atoms with E-state index >= 15 is 0 Å². The molecule has 1 aromatic rings. The van der Waals surface area contributed by atoms with Crippen molar-refractivity contribution >= 4 is 5.78 Å². The second-order valence-electron chi connectivity index (χ2n) is 4.11. The minimum absolute atomic E-state index is 0.200. The van der Waals surface area contributed by atoms with E-state index in [0.29, 0.717) is 0 Å². The van der Waals surface area contributed by atoms with Gasteiger partial charge in [0.1, 0.15) is 5.60 Å². The number of benzene rings is 1. The predicted octanol–water partition coefficient (Wildman–Crippen LogP) is 1.97. The number of fused-ring (bicyclic) bond motifs is 1. The Kier molecular flexibility index (Phi) is 1.56. The van der Waals surface area contributed by atoms with Crippen LogP contribution in [0.1, 0.15) is 28.8 Å². The van der Waals surface area contributed by atoms with Gasteiger partial charge in [0.05, 0.1) is 0 Å². The van der Waals surface area contributed by atoms with E-state index in [-0.39, 0.29) is 5.78 Å². The molecular formula is C12H12O2. The van der Waals surface area contributed by atoms with Crippen molar-refractivity contribution in [3.8, 4) is 0 Å². The second kappa shape index (κ2) is 2.67. The van der Waals surface area contributed by atoms with Crippen molar-refractivity contribution in [2.24, 2.45) is 0 Å². The monoisotopic (exact) mass is 188 g/mol. The predicted molar refractivity (Wildman–Crippen MR) is 52.4 cm³/mol. The molecule has 1 saturated heterocycles. The number of rotatable bonds is 0. The summed E-state index contributed by atoms with van der Waals surface area (Å²) in [5.41, 5.74) is 1.54. The molecule has 1 aliphatic carbocycles. The number of ether oxygens (including phenoxy) is 1. The van der Waals surface area contributed by atoms with E-state index in [9.17, 15) is 4.79 Å². The Morgan fingerprint density at radius 3 is 2.86 bits per heavy atom. The van der Waals surface area contributed by atoms with Crippen LogP contribution in [0, 0.1) is 0 Å². The maximum absolute atomic E-state index is 12.1. The molecule has 0 unspecified atom stereocenters. The Morgan fingerprint density at radius 2 is 2.14 bits per heavy atom. The largest absolute Gasteiger partial charge is 0.366 e. The van der Waals surface area contributed by atoms with Crippen molar-refractivity contribution in [3.05, 3.63) is 35.4 Å². The lowest BCUT2D eigenvalue weighted by Gasteiger charge is -2.19. The number of Topliss-reactive ketones (excluding diaryl/α,β-unsaturated/α-hetero) is 1. The smallest absolute Gasteiger partial charge is 0.195 e. The SMILES string of the molecule is O=C1c2ccccc2C[C@@]12CCCO2. The molecule has 1 spiro atoms. The zero-order chi connectivity index (χ0) is 9.60. The van der Waals surface area contributed by atoms with Gasteiger partial charge in [0, 0.05) is 18.6 Å². The van der Waals surface area contributed by atoms with Gasteiger partial charge in [0.15, 0.2) is 5.78 Å². The van der Waals surface area contributed by atoms with E-state index < -0.39 is 5.60 Å². The third-order valence-electron chi connectivity index (χ3n) is 3.26. The van der Waals surface area contributed by atoms with Crippen LogP contribution in [-0.4, -0.2) is 18.0 Å². The van der Waals surface area contributed by atoms with Crippen LogP contribution in [0.15, 0.2) is 24.3 Å². The number of carbonyl (C=O) groups is 1. The van der Waals surface area contributed by atoms with Crippen molar-refractivity contribution in [1.29, 1.82) is 0 Å². The fourth-order valence-electron chi connectivity index (χ4n) is 2.55. The van der Waals surface area contributed by atoms with Crippen LogP contribution in [0.5, 0.6) is 0 Å². The minimum Gasteiger partial charge on any atom is -0.366 e. The van der Waals surface area contributed by atoms with Gasteiger partial charge in [-0.05, 0) is 18.4 Å². The highest BCUT2D eigenvalue weighted by Crippen LogP contribution is 2.39. The number of carbonyl (C=O) groups excluding carboxylic acids is 1. The van der Waals surface area contributed by atoms with Crippen LogP contribution in [-0.2, 0) is 11.2 Å². The van der Waals surface area contributed by atoms with Crippen LogP contribution < -0.4 is 0 Å². The third-order valence-corrected chi connectivity index (χ3v) is 3.26. The molecule has 14 heavy (non-hydrogen) atoms. The molecule has 0 N–H and O–H groups in total. The molecule has 1 heterocycles. The Morgan fingerprint density at radius 1 is 1.29 bits per heavy atom. The number of hydrogen-bond donors (Lipinski definition) is 0. The Bertz CT molecular complexity index is 389. The number of hydrogen-bond acceptors (Lipinski definition) is 2. The fraction of sp³-hybridized carbons (Fsp3) is 0.417. The summed E-state index contributed by atoms with van der Waals surface area (Å²) >= 11 is 0. The van der Waals surface area contributed by atoms with E-state index in [1.807, 2.05) is 24.3 Å². The van der Waals surface area contributed by atoms with E-state index in [1.54, 1.807) is 0 Å². The summed E-state index contributed by atoms with van der Waals surface area (Å²) in [4.78, 5) is 12.1. The van der Waals surface area contributed by atoms with Gasteiger partial charge in [-0.2, -0.15) is 0 Å². The molecule has 2 nitrogen and oxygen atoms in total. The topological polar surface area (TPSA) is 26.3 Å². The van der Waals surface area contributed by atoms with Crippen molar-refractivity contribution in [2.75, 3.05) is 6.61 Å². The van der Waals surface area contributed by atoms with Gasteiger partial charge >= 0.3 is 0 Å². The van der Waals surface area contributed by atoms with Gasteiger partial charge in [0.25, 0.3) is 0 Å². The Hall–Kier alpha value is -1.15. The molecule has 0 amide bonds. The van der Waals surface area contributed by atoms with Crippen LogP contribution in [0.2, 0.25) is 0 Å². The third kappa shape index (κ3) is 0.919. The van der Waals surface area contributed by atoms with Crippen molar-refractivity contribution in [2.45, 2.75) is 24.9 Å². The van der Waals surface area contributed by atoms with Crippen LogP contribution in [0.25, 0.3) is 0 Å². The highest BCUT2D eigenvalue weighted by Gasteiger charge is 2.48. The normalized spacial score (nSPS) is 29.9.